The van der Waals surface area contributed by atoms with Gasteiger partial charge < -0.3 is 15.2 Å². The van der Waals surface area contributed by atoms with Crippen LogP contribution in [0.2, 0.25) is 0 Å². The highest BCUT2D eigenvalue weighted by Gasteiger charge is 2.20. The second-order valence-corrected chi connectivity index (χ2v) is 6.74. The van der Waals surface area contributed by atoms with Crippen LogP contribution in [-0.4, -0.2) is 23.9 Å². The highest BCUT2D eigenvalue weighted by molar-refractivity contribution is 9.11. The third-order valence-corrected chi connectivity index (χ3v) is 4.19. The van der Waals surface area contributed by atoms with E-state index in [-0.39, 0.29) is 6.10 Å². The Balaban J connectivity index is 1.94. The van der Waals surface area contributed by atoms with Crippen molar-refractivity contribution in [3.05, 3.63) is 26.6 Å². The summed E-state index contributed by atoms with van der Waals surface area (Å²) in [7, 11) is 0. The molecule has 106 valence electrons. The van der Waals surface area contributed by atoms with Gasteiger partial charge in [0.05, 0.1) is 21.7 Å². The van der Waals surface area contributed by atoms with Crippen LogP contribution in [0.1, 0.15) is 31.7 Å². The van der Waals surface area contributed by atoms with Crippen LogP contribution < -0.4 is 10.1 Å². The van der Waals surface area contributed by atoms with E-state index in [2.05, 4.69) is 49.3 Å². The number of halogens is 2. The summed E-state index contributed by atoms with van der Waals surface area (Å²) in [5.74, 6) is 0.802. The fourth-order valence-electron chi connectivity index (χ4n) is 1.73. The predicted molar refractivity (Wildman–Crippen MR) is 83.5 cm³/mol. The number of ether oxygens (including phenoxy) is 1. The standard InChI is InChI=1S/C14H19Br2NO2/c1-9(18)4-5-19-14-12(15)6-10(7-13(14)16)8-17-11-2-3-11/h6-7,9,11,17-18H,2-5,8H2,1H3. The van der Waals surface area contributed by atoms with Crippen molar-refractivity contribution in [1.82, 2.24) is 5.32 Å². The van der Waals surface area contributed by atoms with Gasteiger partial charge in [-0.15, -0.1) is 0 Å². The third-order valence-electron chi connectivity index (χ3n) is 3.01. The molecule has 1 aliphatic carbocycles. The quantitative estimate of drug-likeness (QED) is 0.744. The molecule has 1 fully saturated rings. The molecule has 0 bridgehead atoms. The second-order valence-electron chi connectivity index (χ2n) is 5.03. The van der Waals surface area contributed by atoms with E-state index in [4.69, 9.17) is 4.74 Å². The maximum atomic E-state index is 9.23. The summed E-state index contributed by atoms with van der Waals surface area (Å²) >= 11 is 7.09. The van der Waals surface area contributed by atoms with Crippen LogP contribution in [0.3, 0.4) is 0 Å². The monoisotopic (exact) mass is 391 g/mol. The number of rotatable bonds is 7. The van der Waals surface area contributed by atoms with Crippen LogP contribution in [0.4, 0.5) is 0 Å². The van der Waals surface area contributed by atoms with E-state index in [9.17, 15) is 5.11 Å². The fraction of sp³-hybridized carbons (Fsp3) is 0.571. The van der Waals surface area contributed by atoms with E-state index < -0.39 is 0 Å². The van der Waals surface area contributed by atoms with Gasteiger partial charge in [0.15, 0.2) is 0 Å². The molecule has 1 aliphatic rings. The lowest BCUT2D eigenvalue weighted by Crippen LogP contribution is -2.15. The first-order chi connectivity index (χ1) is 9.06. The van der Waals surface area contributed by atoms with Crippen LogP contribution in [-0.2, 0) is 6.54 Å². The minimum atomic E-state index is -0.334. The molecule has 5 heteroatoms. The highest BCUT2D eigenvalue weighted by Crippen LogP contribution is 2.35. The zero-order valence-corrected chi connectivity index (χ0v) is 14.1. The zero-order chi connectivity index (χ0) is 13.8. The van der Waals surface area contributed by atoms with E-state index in [0.29, 0.717) is 19.1 Å². The molecule has 3 nitrogen and oxygen atoms in total. The number of aliphatic hydroxyl groups excluding tert-OH is 1. The van der Waals surface area contributed by atoms with Crippen LogP contribution >= 0.6 is 31.9 Å². The molecule has 19 heavy (non-hydrogen) atoms. The van der Waals surface area contributed by atoms with E-state index in [0.717, 1.165) is 21.2 Å². The Morgan fingerprint density at radius 3 is 2.53 bits per heavy atom. The lowest BCUT2D eigenvalue weighted by Gasteiger charge is -2.13. The molecule has 0 aromatic heterocycles. The average Bonchev–Trinajstić information content (AvgIpc) is 3.13. The van der Waals surface area contributed by atoms with E-state index in [1.807, 2.05) is 0 Å². The van der Waals surface area contributed by atoms with Crippen molar-refractivity contribution in [1.29, 1.82) is 0 Å². The number of nitrogens with one attached hydrogen (secondary N) is 1. The second kappa shape index (κ2) is 7.07. The SMILES string of the molecule is CC(O)CCOc1c(Br)cc(CNC2CC2)cc1Br. The first-order valence-corrected chi connectivity index (χ1v) is 8.17. The minimum Gasteiger partial charge on any atom is -0.491 e. The van der Waals surface area contributed by atoms with Gasteiger partial charge in [-0.1, -0.05) is 0 Å². The normalized spacial score (nSPS) is 16.4. The van der Waals surface area contributed by atoms with E-state index in [1.165, 1.54) is 18.4 Å². The molecule has 1 aromatic rings. The molecule has 0 radical (unpaired) electrons. The van der Waals surface area contributed by atoms with Crippen molar-refractivity contribution in [2.75, 3.05) is 6.61 Å². The topological polar surface area (TPSA) is 41.5 Å². The van der Waals surface area contributed by atoms with Crippen LogP contribution in [0.5, 0.6) is 5.75 Å². The molecule has 0 aliphatic heterocycles. The Kier molecular flexibility index (Phi) is 5.69. The Morgan fingerprint density at radius 1 is 1.37 bits per heavy atom. The van der Waals surface area contributed by atoms with Gasteiger partial charge in [0, 0.05) is 19.0 Å². The van der Waals surface area contributed by atoms with Gasteiger partial charge in [0.1, 0.15) is 5.75 Å². The van der Waals surface area contributed by atoms with Crippen molar-refractivity contribution in [2.45, 2.75) is 44.9 Å². The lowest BCUT2D eigenvalue weighted by atomic mass is 10.2. The smallest absolute Gasteiger partial charge is 0.147 e. The maximum absolute atomic E-state index is 9.23. The van der Waals surface area contributed by atoms with Gasteiger partial charge in [0.25, 0.3) is 0 Å². The molecule has 1 atom stereocenters. The number of benzene rings is 1. The molecule has 0 spiro atoms. The predicted octanol–water partition coefficient (Wildman–Crippen LogP) is 3.61. The lowest BCUT2D eigenvalue weighted by molar-refractivity contribution is 0.155. The van der Waals surface area contributed by atoms with Crippen molar-refractivity contribution in [2.24, 2.45) is 0 Å². The Hall–Kier alpha value is -0.100. The summed E-state index contributed by atoms with van der Waals surface area (Å²) in [6, 6.07) is 4.87. The summed E-state index contributed by atoms with van der Waals surface area (Å²) in [5.41, 5.74) is 1.23. The van der Waals surface area contributed by atoms with Gasteiger partial charge in [0.2, 0.25) is 0 Å². The Morgan fingerprint density at radius 2 is 2.00 bits per heavy atom. The molecule has 2 rings (SSSR count). The average molecular weight is 393 g/mol. The van der Waals surface area contributed by atoms with Gasteiger partial charge in [-0.3, -0.25) is 0 Å². The van der Waals surface area contributed by atoms with Crippen LogP contribution in [0.25, 0.3) is 0 Å². The molecule has 0 saturated heterocycles. The highest BCUT2D eigenvalue weighted by atomic mass is 79.9. The van der Waals surface area contributed by atoms with Gasteiger partial charge >= 0.3 is 0 Å². The van der Waals surface area contributed by atoms with Crippen LogP contribution in [0, 0.1) is 0 Å². The molecule has 2 N–H and O–H groups in total. The van der Waals surface area contributed by atoms with Crippen LogP contribution in [0.15, 0.2) is 21.1 Å². The third kappa shape index (κ3) is 5.06. The minimum absolute atomic E-state index is 0.334. The molecular formula is C14H19Br2NO2. The molecule has 0 amide bonds. The maximum Gasteiger partial charge on any atom is 0.147 e. The zero-order valence-electron chi connectivity index (χ0n) is 11.0. The van der Waals surface area contributed by atoms with Gasteiger partial charge in [-0.25, -0.2) is 0 Å². The summed E-state index contributed by atoms with van der Waals surface area (Å²) in [4.78, 5) is 0. The number of aliphatic hydroxyl groups is 1. The Bertz CT molecular complexity index is 410. The van der Waals surface area contributed by atoms with Crippen molar-refractivity contribution < 1.29 is 9.84 Å². The summed E-state index contributed by atoms with van der Waals surface area (Å²) < 4.78 is 7.59. The Labute approximate surface area is 131 Å². The molecular weight excluding hydrogens is 374 g/mol. The fourth-order valence-corrected chi connectivity index (χ4v) is 3.24. The molecule has 1 aromatic carbocycles. The molecule has 1 unspecified atom stereocenters. The largest absolute Gasteiger partial charge is 0.491 e. The number of hydrogen-bond donors (Lipinski definition) is 2. The molecule has 1 saturated carbocycles. The van der Waals surface area contributed by atoms with E-state index in [1.54, 1.807) is 6.92 Å². The molecule has 0 heterocycles. The summed E-state index contributed by atoms with van der Waals surface area (Å²) in [6.07, 6.45) is 2.88. The van der Waals surface area contributed by atoms with Crippen molar-refractivity contribution in [3.8, 4) is 5.75 Å². The summed E-state index contributed by atoms with van der Waals surface area (Å²) in [5, 5.41) is 12.7. The first-order valence-electron chi connectivity index (χ1n) is 6.58. The van der Waals surface area contributed by atoms with Crippen molar-refractivity contribution in [3.63, 3.8) is 0 Å². The van der Waals surface area contributed by atoms with Gasteiger partial charge in [-0.05, 0) is 69.3 Å². The first kappa shape index (κ1) is 15.3. The number of hydrogen-bond acceptors (Lipinski definition) is 3. The van der Waals surface area contributed by atoms with E-state index >= 15 is 0 Å². The van der Waals surface area contributed by atoms with Gasteiger partial charge in [-0.2, -0.15) is 0 Å². The summed E-state index contributed by atoms with van der Waals surface area (Å²) in [6.45, 7) is 3.16. The van der Waals surface area contributed by atoms with Crippen molar-refractivity contribution >= 4 is 31.9 Å².